The Morgan fingerprint density at radius 3 is 2.53 bits per heavy atom. The largest absolute Gasteiger partial charge is 0.481 e. The van der Waals surface area contributed by atoms with Crippen LogP contribution in [0, 0.1) is 23.2 Å². The molecule has 0 aliphatic heterocycles. The Bertz CT molecular complexity index is 654. The molecule has 170 valence electrons. The van der Waals surface area contributed by atoms with Gasteiger partial charge in [0.05, 0.1) is 6.10 Å². The second-order valence-electron chi connectivity index (χ2n) is 10.6. The molecule has 2 rings (SSSR count). The molecule has 0 saturated heterocycles. The molecule has 1 saturated carbocycles. The van der Waals surface area contributed by atoms with Crippen LogP contribution in [0.1, 0.15) is 98.3 Å². The zero-order chi connectivity index (χ0) is 22.3. The first-order valence-corrected chi connectivity index (χ1v) is 11.8. The van der Waals surface area contributed by atoms with Gasteiger partial charge >= 0.3 is 5.97 Å². The molecule has 2 aliphatic carbocycles. The number of aliphatic hydroxyl groups is 1. The number of fused-ring (bicyclic) bond motifs is 1. The van der Waals surface area contributed by atoms with Crippen LogP contribution in [0.3, 0.4) is 0 Å². The number of carbonyl (C=O) groups is 2. The van der Waals surface area contributed by atoms with Gasteiger partial charge < -0.3 is 10.2 Å². The van der Waals surface area contributed by atoms with Gasteiger partial charge in [-0.15, -0.1) is 0 Å². The summed E-state index contributed by atoms with van der Waals surface area (Å²) >= 11 is 0. The number of carboxylic acids is 1. The maximum Gasteiger partial charge on any atom is 0.303 e. The Morgan fingerprint density at radius 2 is 1.87 bits per heavy atom. The molecule has 0 aromatic carbocycles. The number of allylic oxidation sites excluding steroid dienone is 4. The van der Waals surface area contributed by atoms with Crippen LogP contribution >= 0.6 is 0 Å². The lowest BCUT2D eigenvalue weighted by atomic mass is 9.80. The quantitative estimate of drug-likeness (QED) is 0.280. The first-order valence-electron chi connectivity index (χ1n) is 11.8. The van der Waals surface area contributed by atoms with Crippen molar-refractivity contribution in [2.45, 2.75) is 104 Å². The van der Waals surface area contributed by atoms with Crippen molar-refractivity contribution in [2.24, 2.45) is 23.2 Å². The molecule has 0 heterocycles. The van der Waals surface area contributed by atoms with Gasteiger partial charge in [-0.05, 0) is 88.9 Å². The van der Waals surface area contributed by atoms with Gasteiger partial charge in [0.1, 0.15) is 5.78 Å². The molecule has 30 heavy (non-hydrogen) atoms. The van der Waals surface area contributed by atoms with Crippen molar-refractivity contribution in [3.05, 3.63) is 23.3 Å². The van der Waals surface area contributed by atoms with Crippen molar-refractivity contribution < 1.29 is 19.8 Å². The van der Waals surface area contributed by atoms with Gasteiger partial charge in [0.25, 0.3) is 0 Å². The van der Waals surface area contributed by atoms with Gasteiger partial charge in [-0.3, -0.25) is 9.59 Å². The van der Waals surface area contributed by atoms with Crippen LogP contribution in [0.4, 0.5) is 0 Å². The Kier molecular flexibility index (Phi) is 9.33. The van der Waals surface area contributed by atoms with Crippen molar-refractivity contribution in [3.63, 3.8) is 0 Å². The van der Waals surface area contributed by atoms with E-state index in [2.05, 4.69) is 39.8 Å². The highest BCUT2D eigenvalue weighted by atomic mass is 16.4. The van der Waals surface area contributed by atoms with Crippen LogP contribution in [-0.2, 0) is 9.59 Å². The van der Waals surface area contributed by atoms with Crippen LogP contribution < -0.4 is 0 Å². The van der Waals surface area contributed by atoms with Crippen LogP contribution in [0.5, 0.6) is 0 Å². The smallest absolute Gasteiger partial charge is 0.303 e. The number of unbranched alkanes of at least 4 members (excludes halogenated alkanes) is 1. The monoisotopic (exact) mass is 418 g/mol. The fourth-order valence-corrected chi connectivity index (χ4v) is 5.35. The summed E-state index contributed by atoms with van der Waals surface area (Å²) in [5.41, 5.74) is 2.96. The summed E-state index contributed by atoms with van der Waals surface area (Å²) in [6.07, 6.45) is 13.2. The molecule has 0 spiro atoms. The summed E-state index contributed by atoms with van der Waals surface area (Å²) in [6, 6.07) is 0. The molecule has 4 heteroatoms. The standard InChI is InChI=1S/C26H42O4/c1-18(2)9-7-13-26(3,4)14-8-11-22(27)25-21-16-19(10-5-6-12-24(29)30)15-20(21)17-23(25)28/h9,15,20-21,23,25,28H,5-8,10-14,16-17H2,1-4H3,(H,29,30)/t20-,21-,23+,25-/m1/s1. The van der Waals surface area contributed by atoms with Gasteiger partial charge in [-0.25, -0.2) is 0 Å². The van der Waals surface area contributed by atoms with E-state index in [1.165, 1.54) is 11.1 Å². The van der Waals surface area contributed by atoms with E-state index in [-0.39, 0.29) is 29.5 Å². The van der Waals surface area contributed by atoms with E-state index >= 15 is 0 Å². The summed E-state index contributed by atoms with van der Waals surface area (Å²) in [6.45, 7) is 8.83. The minimum absolute atomic E-state index is 0.212. The lowest BCUT2D eigenvalue weighted by Gasteiger charge is -2.25. The number of aliphatic hydroxyl groups excluding tert-OH is 1. The summed E-state index contributed by atoms with van der Waals surface area (Å²) < 4.78 is 0. The van der Waals surface area contributed by atoms with Crippen molar-refractivity contribution in [1.29, 1.82) is 0 Å². The van der Waals surface area contributed by atoms with Gasteiger partial charge in [-0.2, -0.15) is 0 Å². The highest BCUT2D eigenvalue weighted by molar-refractivity contribution is 5.82. The zero-order valence-electron chi connectivity index (χ0n) is 19.5. The topological polar surface area (TPSA) is 74.6 Å². The summed E-state index contributed by atoms with van der Waals surface area (Å²) in [7, 11) is 0. The van der Waals surface area contributed by atoms with Crippen molar-refractivity contribution in [2.75, 3.05) is 0 Å². The molecule has 0 radical (unpaired) electrons. The predicted octanol–water partition coefficient (Wildman–Crippen LogP) is 6.09. The second kappa shape index (κ2) is 11.3. The second-order valence-corrected chi connectivity index (χ2v) is 10.6. The van der Waals surface area contributed by atoms with E-state index in [4.69, 9.17) is 5.11 Å². The fraction of sp³-hybridized carbons (Fsp3) is 0.769. The molecule has 0 unspecified atom stereocenters. The number of carboxylic acid groups (broad SMARTS) is 1. The molecule has 4 nitrogen and oxygen atoms in total. The molecule has 1 fully saturated rings. The molecule has 0 bridgehead atoms. The Labute approximate surface area is 182 Å². The number of hydrogen-bond donors (Lipinski definition) is 2. The molecule has 2 aliphatic rings. The van der Waals surface area contributed by atoms with E-state index in [9.17, 15) is 14.7 Å². The minimum Gasteiger partial charge on any atom is -0.481 e. The highest BCUT2D eigenvalue weighted by Gasteiger charge is 2.47. The van der Waals surface area contributed by atoms with Crippen molar-refractivity contribution >= 4 is 11.8 Å². The number of Topliss-reactive ketones (excluding diaryl/α,β-unsaturated/α-hetero) is 1. The Balaban J connectivity index is 1.77. The van der Waals surface area contributed by atoms with Crippen molar-refractivity contribution in [1.82, 2.24) is 0 Å². The number of hydrogen-bond acceptors (Lipinski definition) is 3. The maximum atomic E-state index is 13.0. The summed E-state index contributed by atoms with van der Waals surface area (Å²) in [4.78, 5) is 23.6. The molecule has 2 N–H and O–H groups in total. The van der Waals surface area contributed by atoms with Gasteiger partial charge in [0.15, 0.2) is 0 Å². The number of ketones is 1. The molecule has 0 amide bonds. The van der Waals surface area contributed by atoms with E-state index < -0.39 is 12.1 Å². The Morgan fingerprint density at radius 1 is 1.13 bits per heavy atom. The lowest BCUT2D eigenvalue weighted by Crippen LogP contribution is -2.28. The molecule has 0 aromatic rings. The third-order valence-corrected chi connectivity index (χ3v) is 7.05. The summed E-state index contributed by atoms with van der Waals surface area (Å²) in [5, 5.41) is 19.3. The number of carbonyl (C=O) groups excluding carboxylic acids is 1. The van der Waals surface area contributed by atoms with Crippen molar-refractivity contribution in [3.8, 4) is 0 Å². The fourth-order valence-electron chi connectivity index (χ4n) is 5.35. The molecular weight excluding hydrogens is 376 g/mol. The molecule has 4 atom stereocenters. The third-order valence-electron chi connectivity index (χ3n) is 7.05. The van der Waals surface area contributed by atoms with E-state index in [1.807, 2.05) is 0 Å². The van der Waals surface area contributed by atoms with Crippen LogP contribution in [0.15, 0.2) is 23.3 Å². The first kappa shape index (κ1) is 24.8. The van der Waals surface area contributed by atoms with Gasteiger partial charge in [-0.1, -0.05) is 37.1 Å². The molecule has 0 aromatic heterocycles. The first-order chi connectivity index (χ1) is 14.1. The van der Waals surface area contributed by atoms with E-state index in [0.29, 0.717) is 25.2 Å². The minimum atomic E-state index is -0.735. The van der Waals surface area contributed by atoms with Gasteiger partial charge in [0, 0.05) is 18.8 Å². The van der Waals surface area contributed by atoms with Gasteiger partial charge in [0.2, 0.25) is 0 Å². The van der Waals surface area contributed by atoms with Crippen LogP contribution in [0.2, 0.25) is 0 Å². The Hall–Kier alpha value is -1.42. The predicted molar refractivity (Wildman–Crippen MR) is 121 cm³/mol. The summed E-state index contributed by atoms with van der Waals surface area (Å²) in [5.74, 6) is -0.120. The van der Waals surface area contributed by atoms with Crippen LogP contribution in [0.25, 0.3) is 0 Å². The maximum absolute atomic E-state index is 13.0. The molecular formula is C26H42O4. The normalized spacial score (nSPS) is 25.7. The van der Waals surface area contributed by atoms with E-state index in [0.717, 1.165) is 44.9 Å². The average molecular weight is 419 g/mol. The number of rotatable bonds is 13. The highest BCUT2D eigenvalue weighted by Crippen LogP contribution is 2.48. The van der Waals surface area contributed by atoms with Crippen LogP contribution in [-0.4, -0.2) is 28.1 Å². The lowest BCUT2D eigenvalue weighted by molar-refractivity contribution is -0.137. The van der Waals surface area contributed by atoms with E-state index in [1.54, 1.807) is 0 Å². The average Bonchev–Trinajstić information content (AvgIpc) is 3.13. The number of aliphatic carboxylic acids is 1. The zero-order valence-corrected chi connectivity index (χ0v) is 19.5. The SMILES string of the molecule is CC(C)=CCCC(C)(C)CCCC(=O)[C@H]1[C@@H]2CC(CCCCC(=O)O)=C[C@@H]2C[C@@H]1O. The third kappa shape index (κ3) is 7.68.